The summed E-state index contributed by atoms with van der Waals surface area (Å²) in [5, 5.41) is 6.67. The number of nitrogens with zero attached hydrogens (tertiary/aromatic N) is 2. The van der Waals surface area contributed by atoms with Crippen LogP contribution in [0.2, 0.25) is 0 Å². The summed E-state index contributed by atoms with van der Waals surface area (Å²) in [6.07, 6.45) is 4.52. The molecule has 2 heterocycles. The molecule has 1 fully saturated rings. The fourth-order valence-electron chi connectivity index (χ4n) is 3.18. The quantitative estimate of drug-likeness (QED) is 0.693. The minimum atomic E-state index is -0.314. The number of hydrogen-bond acceptors (Lipinski definition) is 4. The van der Waals surface area contributed by atoms with Crippen LogP contribution in [0.3, 0.4) is 0 Å². The molecule has 0 saturated carbocycles. The molecule has 0 aliphatic carbocycles. The Bertz CT molecular complexity index is 708. The number of unbranched alkanes of at least 4 members (excludes halogenated alkanes) is 2. The van der Waals surface area contributed by atoms with Gasteiger partial charge in [0.2, 0.25) is 0 Å². The Hall–Kier alpha value is -2.21. The summed E-state index contributed by atoms with van der Waals surface area (Å²) < 4.78 is 18.1. The zero-order valence-corrected chi connectivity index (χ0v) is 15.2. The molecule has 0 unspecified atom stereocenters. The Labute approximate surface area is 153 Å². The predicted molar refractivity (Wildman–Crippen MR) is 98.3 cm³/mol. The van der Waals surface area contributed by atoms with E-state index in [1.54, 1.807) is 18.2 Å². The van der Waals surface area contributed by atoms with Gasteiger partial charge >= 0.3 is 0 Å². The van der Waals surface area contributed by atoms with Crippen molar-refractivity contribution in [3.05, 3.63) is 41.8 Å². The highest BCUT2D eigenvalue weighted by Gasteiger charge is 2.23. The summed E-state index contributed by atoms with van der Waals surface area (Å²) >= 11 is 0. The van der Waals surface area contributed by atoms with Gasteiger partial charge in [-0.25, -0.2) is 4.39 Å². The topological polar surface area (TPSA) is 58.4 Å². The van der Waals surface area contributed by atoms with Gasteiger partial charge in [-0.1, -0.05) is 24.9 Å². The smallest absolute Gasteiger partial charge is 0.273 e. The molecule has 2 aromatic rings. The largest absolute Gasteiger partial charge is 0.355 e. The molecule has 0 atom stereocenters. The van der Waals surface area contributed by atoms with Gasteiger partial charge in [-0.15, -0.1) is 0 Å². The maximum absolute atomic E-state index is 13.0. The highest BCUT2D eigenvalue weighted by atomic mass is 19.1. The lowest BCUT2D eigenvalue weighted by molar-refractivity contribution is 0.0933. The zero-order valence-electron chi connectivity index (χ0n) is 15.2. The third-order valence-corrected chi connectivity index (χ3v) is 4.92. The number of carbonyl (C=O) groups is 1. The Balaban J connectivity index is 1.33. The van der Waals surface area contributed by atoms with Crippen molar-refractivity contribution in [2.45, 2.75) is 32.6 Å². The molecule has 1 aliphatic heterocycles. The summed E-state index contributed by atoms with van der Waals surface area (Å²) in [6, 6.07) is 7.47. The molecular formula is C20H26FN3O2. The van der Waals surface area contributed by atoms with Crippen LogP contribution >= 0.6 is 0 Å². The molecule has 1 aliphatic rings. The third-order valence-electron chi connectivity index (χ3n) is 4.92. The molecule has 1 N–H and O–H groups in total. The third kappa shape index (κ3) is 4.91. The average Bonchev–Trinajstić information content (AvgIpc) is 3.10. The molecular weight excluding hydrogens is 333 g/mol. The second-order valence-corrected chi connectivity index (χ2v) is 6.93. The lowest BCUT2D eigenvalue weighted by atomic mass is 9.97. The van der Waals surface area contributed by atoms with E-state index in [9.17, 15) is 9.18 Å². The van der Waals surface area contributed by atoms with Gasteiger partial charge in [0, 0.05) is 31.3 Å². The van der Waals surface area contributed by atoms with Crippen molar-refractivity contribution in [3.8, 4) is 11.3 Å². The van der Waals surface area contributed by atoms with E-state index in [0.29, 0.717) is 17.9 Å². The SMILES string of the molecule is CCC1CN(CCCCCNC(=O)c2cc(-c3ccc(F)cc3)on2)C1. The number of halogens is 1. The lowest BCUT2D eigenvalue weighted by Crippen LogP contribution is -2.46. The highest BCUT2D eigenvalue weighted by Crippen LogP contribution is 2.21. The van der Waals surface area contributed by atoms with Crippen molar-refractivity contribution < 1.29 is 13.7 Å². The first kappa shape index (κ1) is 18.6. The van der Waals surface area contributed by atoms with E-state index in [-0.39, 0.29) is 17.4 Å². The van der Waals surface area contributed by atoms with Crippen molar-refractivity contribution >= 4 is 5.91 Å². The molecule has 1 aromatic carbocycles. The molecule has 140 valence electrons. The molecule has 6 heteroatoms. The molecule has 1 saturated heterocycles. The maximum atomic E-state index is 13.0. The molecule has 26 heavy (non-hydrogen) atoms. The number of carbonyl (C=O) groups excluding carboxylic acids is 1. The minimum Gasteiger partial charge on any atom is -0.355 e. The van der Waals surface area contributed by atoms with Gasteiger partial charge in [-0.05, 0) is 49.6 Å². The fraction of sp³-hybridized carbons (Fsp3) is 0.500. The second-order valence-electron chi connectivity index (χ2n) is 6.93. The number of likely N-dealkylation sites (tertiary alicyclic amines) is 1. The van der Waals surface area contributed by atoms with Crippen LogP contribution in [-0.2, 0) is 0 Å². The van der Waals surface area contributed by atoms with Crippen LogP contribution in [0.1, 0.15) is 43.1 Å². The molecule has 1 aromatic heterocycles. The van der Waals surface area contributed by atoms with Crippen LogP contribution in [0.4, 0.5) is 4.39 Å². The number of benzene rings is 1. The summed E-state index contributed by atoms with van der Waals surface area (Å²) in [7, 11) is 0. The van der Waals surface area contributed by atoms with E-state index < -0.39 is 0 Å². The van der Waals surface area contributed by atoms with Gasteiger partial charge in [0.15, 0.2) is 11.5 Å². The van der Waals surface area contributed by atoms with Crippen molar-refractivity contribution in [1.82, 2.24) is 15.4 Å². The average molecular weight is 359 g/mol. The monoisotopic (exact) mass is 359 g/mol. The van der Waals surface area contributed by atoms with Crippen molar-refractivity contribution in [1.29, 1.82) is 0 Å². The Kier molecular flexibility index (Phi) is 6.39. The Morgan fingerprint density at radius 2 is 2.04 bits per heavy atom. The summed E-state index contributed by atoms with van der Waals surface area (Å²) in [6.45, 7) is 6.54. The van der Waals surface area contributed by atoms with E-state index in [1.807, 2.05) is 0 Å². The van der Waals surface area contributed by atoms with E-state index in [4.69, 9.17) is 4.52 Å². The number of amides is 1. The molecule has 5 nitrogen and oxygen atoms in total. The van der Waals surface area contributed by atoms with Crippen LogP contribution < -0.4 is 5.32 Å². The van der Waals surface area contributed by atoms with Gasteiger partial charge in [0.05, 0.1) is 0 Å². The van der Waals surface area contributed by atoms with Crippen molar-refractivity contribution in [2.75, 3.05) is 26.2 Å². The first-order valence-corrected chi connectivity index (χ1v) is 9.39. The number of rotatable bonds is 9. The van der Waals surface area contributed by atoms with E-state index in [0.717, 1.165) is 25.3 Å². The van der Waals surface area contributed by atoms with Gasteiger partial charge < -0.3 is 14.7 Å². The van der Waals surface area contributed by atoms with Crippen molar-refractivity contribution in [3.63, 3.8) is 0 Å². The molecule has 1 amide bonds. The van der Waals surface area contributed by atoms with Crippen molar-refractivity contribution in [2.24, 2.45) is 5.92 Å². The van der Waals surface area contributed by atoms with E-state index in [2.05, 4.69) is 22.3 Å². The van der Waals surface area contributed by atoms with Gasteiger partial charge in [-0.2, -0.15) is 0 Å². The Morgan fingerprint density at radius 1 is 1.27 bits per heavy atom. The molecule has 0 bridgehead atoms. The molecule has 0 radical (unpaired) electrons. The lowest BCUT2D eigenvalue weighted by Gasteiger charge is -2.38. The van der Waals surface area contributed by atoms with Crippen LogP contribution in [0.25, 0.3) is 11.3 Å². The van der Waals surface area contributed by atoms with E-state index in [1.165, 1.54) is 38.1 Å². The van der Waals surface area contributed by atoms with Crippen LogP contribution in [0.5, 0.6) is 0 Å². The standard InChI is InChI=1S/C20H26FN3O2/c1-2-15-13-24(14-15)11-5-3-4-10-22-20(25)18-12-19(26-23-18)16-6-8-17(21)9-7-16/h6-9,12,15H,2-5,10-11,13-14H2,1H3,(H,22,25). The summed E-state index contributed by atoms with van der Waals surface area (Å²) in [5.41, 5.74) is 0.935. The van der Waals surface area contributed by atoms with Gasteiger partial charge in [-0.3, -0.25) is 4.79 Å². The van der Waals surface area contributed by atoms with E-state index >= 15 is 0 Å². The Morgan fingerprint density at radius 3 is 2.77 bits per heavy atom. The van der Waals surface area contributed by atoms with Gasteiger partial charge in [0.25, 0.3) is 5.91 Å². The molecule has 0 spiro atoms. The zero-order chi connectivity index (χ0) is 18.4. The van der Waals surface area contributed by atoms with Crippen LogP contribution in [0, 0.1) is 11.7 Å². The number of hydrogen-bond donors (Lipinski definition) is 1. The minimum absolute atomic E-state index is 0.240. The summed E-state index contributed by atoms with van der Waals surface area (Å²) in [5.74, 6) is 0.799. The number of aromatic nitrogens is 1. The fourth-order valence-corrected chi connectivity index (χ4v) is 3.18. The first-order valence-electron chi connectivity index (χ1n) is 9.39. The predicted octanol–water partition coefficient (Wildman–Crippen LogP) is 3.72. The summed E-state index contributed by atoms with van der Waals surface area (Å²) in [4.78, 5) is 14.6. The molecule has 3 rings (SSSR count). The normalized spacial score (nSPS) is 15.0. The van der Waals surface area contributed by atoms with Crippen LogP contribution in [-0.4, -0.2) is 42.1 Å². The first-order chi connectivity index (χ1) is 12.7. The second kappa shape index (κ2) is 8.94. The van der Waals surface area contributed by atoms with Gasteiger partial charge in [0.1, 0.15) is 5.82 Å². The number of nitrogens with one attached hydrogen (secondary N) is 1. The highest BCUT2D eigenvalue weighted by molar-refractivity contribution is 5.93. The maximum Gasteiger partial charge on any atom is 0.273 e. The van der Waals surface area contributed by atoms with Crippen LogP contribution in [0.15, 0.2) is 34.9 Å².